The molecule has 5 rings (SSSR count). The van der Waals surface area contributed by atoms with Crippen molar-refractivity contribution >= 4 is 28.7 Å². The molecule has 2 aromatic carbocycles. The number of furan rings is 1. The molecule has 3 amide bonds. The zero-order chi connectivity index (χ0) is 27.8. The fourth-order valence-corrected chi connectivity index (χ4v) is 5.50. The van der Waals surface area contributed by atoms with Crippen molar-refractivity contribution in [2.24, 2.45) is 5.41 Å². The largest absolute Gasteiger partial charge is 0.493 e. The maximum atomic E-state index is 13.4. The molecule has 39 heavy (non-hydrogen) atoms. The molecule has 3 aromatic rings. The Kier molecular flexibility index (Phi) is 7.00. The molecule has 2 aliphatic rings. The molecule has 1 N–H and O–H groups in total. The third-order valence-corrected chi connectivity index (χ3v) is 7.71. The lowest BCUT2D eigenvalue weighted by molar-refractivity contribution is -0.175. The summed E-state index contributed by atoms with van der Waals surface area (Å²) >= 11 is 0. The summed E-state index contributed by atoms with van der Waals surface area (Å²) in [5.41, 5.74) is 0.537. The number of para-hydroxylation sites is 1. The monoisotopic (exact) mass is 543 g/mol. The lowest BCUT2D eigenvalue weighted by atomic mass is 9.77. The van der Waals surface area contributed by atoms with Crippen molar-refractivity contribution in [3.63, 3.8) is 0 Å². The van der Waals surface area contributed by atoms with Gasteiger partial charge in [-0.3, -0.25) is 14.4 Å². The van der Waals surface area contributed by atoms with Crippen LogP contribution in [0.1, 0.15) is 41.4 Å². The quantitative estimate of drug-likeness (QED) is 0.518. The number of nitrogens with zero attached hydrogens (tertiary/aromatic N) is 2. The number of carbonyl (C=O) groups is 3. The molecule has 1 spiro atoms. The smallest absolute Gasteiger partial charge is 0.471 e. The maximum Gasteiger partial charge on any atom is 0.471 e. The van der Waals surface area contributed by atoms with Crippen molar-refractivity contribution < 1.29 is 36.7 Å². The van der Waals surface area contributed by atoms with Crippen LogP contribution >= 0.6 is 0 Å². The Hall–Kier alpha value is -4.02. The average molecular weight is 544 g/mol. The van der Waals surface area contributed by atoms with E-state index in [-0.39, 0.29) is 22.6 Å². The number of ether oxygens (including phenoxy) is 1. The van der Waals surface area contributed by atoms with Crippen LogP contribution in [0.2, 0.25) is 0 Å². The summed E-state index contributed by atoms with van der Waals surface area (Å²) in [7, 11) is 1.53. The highest BCUT2D eigenvalue weighted by Crippen LogP contribution is 2.41. The molecule has 8 nitrogen and oxygen atoms in total. The molecule has 11 heteroatoms. The van der Waals surface area contributed by atoms with Crippen LogP contribution in [0.15, 0.2) is 59.0 Å². The Balaban J connectivity index is 1.25. The zero-order valence-corrected chi connectivity index (χ0v) is 21.3. The van der Waals surface area contributed by atoms with E-state index in [1.54, 1.807) is 35.2 Å². The molecule has 1 aromatic heterocycles. The molecule has 2 fully saturated rings. The van der Waals surface area contributed by atoms with Gasteiger partial charge in [0, 0.05) is 31.6 Å². The predicted octanol–water partition coefficient (Wildman–Crippen LogP) is 4.32. The second-order valence-electron chi connectivity index (χ2n) is 10.1. The topological polar surface area (TPSA) is 92.1 Å². The van der Waals surface area contributed by atoms with Crippen molar-refractivity contribution in [1.29, 1.82) is 0 Å². The Morgan fingerprint density at radius 3 is 2.28 bits per heavy atom. The van der Waals surface area contributed by atoms with E-state index in [2.05, 4.69) is 0 Å². The van der Waals surface area contributed by atoms with Crippen LogP contribution in [-0.4, -0.2) is 67.0 Å². The van der Waals surface area contributed by atoms with Crippen LogP contribution in [-0.2, 0) is 9.59 Å². The summed E-state index contributed by atoms with van der Waals surface area (Å²) in [4.78, 5) is 41.5. The van der Waals surface area contributed by atoms with Gasteiger partial charge in [0.05, 0.1) is 7.11 Å². The van der Waals surface area contributed by atoms with Crippen LogP contribution in [0.4, 0.5) is 13.2 Å². The predicted molar refractivity (Wildman–Crippen MR) is 135 cm³/mol. The van der Waals surface area contributed by atoms with Crippen LogP contribution in [0, 0.1) is 5.41 Å². The average Bonchev–Trinajstić information content (AvgIpc) is 3.56. The van der Waals surface area contributed by atoms with Gasteiger partial charge >= 0.3 is 12.1 Å². The van der Waals surface area contributed by atoms with E-state index in [0.717, 1.165) is 5.39 Å². The number of halogens is 3. The van der Waals surface area contributed by atoms with Gasteiger partial charge < -0.3 is 24.3 Å². The van der Waals surface area contributed by atoms with E-state index in [1.807, 2.05) is 17.4 Å². The summed E-state index contributed by atoms with van der Waals surface area (Å²) < 4.78 is 50.1. The van der Waals surface area contributed by atoms with Gasteiger partial charge in [0.15, 0.2) is 17.1 Å². The van der Waals surface area contributed by atoms with E-state index in [9.17, 15) is 27.6 Å². The molecule has 0 bridgehead atoms. The number of benzene rings is 2. The fraction of sp³-hybridized carbons (Fsp3) is 0.393. The lowest BCUT2D eigenvalue weighted by Crippen LogP contribution is -2.48. The van der Waals surface area contributed by atoms with E-state index in [4.69, 9.17) is 9.15 Å². The lowest BCUT2D eigenvalue weighted by Gasteiger charge is -2.39. The van der Waals surface area contributed by atoms with E-state index < -0.39 is 24.0 Å². The fourth-order valence-electron chi connectivity index (χ4n) is 5.50. The zero-order valence-electron chi connectivity index (χ0n) is 21.3. The molecule has 1 atom stereocenters. The number of methoxy groups -OCH3 is 1. The van der Waals surface area contributed by atoms with Gasteiger partial charge in [0.1, 0.15) is 6.04 Å². The molecule has 2 saturated heterocycles. The summed E-state index contributed by atoms with van der Waals surface area (Å²) in [5, 5.41) is 2.64. The minimum Gasteiger partial charge on any atom is -0.493 e. The van der Waals surface area contributed by atoms with Gasteiger partial charge in [-0.25, -0.2) is 0 Å². The molecule has 0 saturated carbocycles. The van der Waals surface area contributed by atoms with Gasteiger partial charge in [-0.15, -0.1) is 0 Å². The number of rotatable bonds is 5. The summed E-state index contributed by atoms with van der Waals surface area (Å²) in [6.07, 6.45) is -3.17. The molecule has 2 aliphatic heterocycles. The van der Waals surface area contributed by atoms with Crippen LogP contribution < -0.4 is 10.1 Å². The first-order valence-electron chi connectivity index (χ1n) is 12.7. The van der Waals surface area contributed by atoms with Crippen LogP contribution in [0.5, 0.6) is 5.75 Å². The molecule has 0 radical (unpaired) electrons. The van der Waals surface area contributed by atoms with Crippen molar-refractivity contribution in [2.45, 2.75) is 31.5 Å². The van der Waals surface area contributed by atoms with Crippen molar-refractivity contribution in [3.05, 3.63) is 65.9 Å². The minimum atomic E-state index is -5.11. The van der Waals surface area contributed by atoms with E-state index in [0.29, 0.717) is 56.8 Å². The van der Waals surface area contributed by atoms with E-state index in [1.165, 1.54) is 24.1 Å². The third-order valence-electron chi connectivity index (χ3n) is 7.71. The maximum absolute atomic E-state index is 13.4. The van der Waals surface area contributed by atoms with Crippen molar-refractivity contribution in [1.82, 2.24) is 15.1 Å². The summed E-state index contributed by atoms with van der Waals surface area (Å²) in [6.45, 7) is 1.63. The second kappa shape index (κ2) is 10.3. The van der Waals surface area contributed by atoms with Gasteiger partial charge in [-0.2, -0.15) is 13.2 Å². The number of likely N-dealkylation sites (tertiary alicyclic amines) is 2. The summed E-state index contributed by atoms with van der Waals surface area (Å²) in [5.74, 6) is -2.20. The van der Waals surface area contributed by atoms with Crippen molar-refractivity contribution in [2.75, 3.05) is 33.3 Å². The first-order chi connectivity index (χ1) is 18.6. The third kappa shape index (κ3) is 5.30. The Morgan fingerprint density at radius 2 is 1.64 bits per heavy atom. The second-order valence-corrected chi connectivity index (χ2v) is 10.1. The highest BCUT2D eigenvalue weighted by atomic mass is 19.4. The minimum absolute atomic E-state index is 0.222. The van der Waals surface area contributed by atoms with E-state index >= 15 is 0 Å². The number of amides is 3. The van der Waals surface area contributed by atoms with Crippen molar-refractivity contribution in [3.8, 4) is 5.75 Å². The SMILES string of the molecule is COc1cccc2cc(C(=O)N3CCC4(CC3)CCN(C(=O)[C@@H](NC(=O)C(F)(F)F)c3ccccc3)C4)oc12. The molecule has 3 heterocycles. The number of fused-ring (bicyclic) bond motifs is 1. The number of nitrogens with one attached hydrogen (secondary N) is 1. The van der Waals surface area contributed by atoms with Gasteiger partial charge in [0.25, 0.3) is 5.91 Å². The van der Waals surface area contributed by atoms with Gasteiger partial charge in [0.2, 0.25) is 5.91 Å². The summed E-state index contributed by atoms with van der Waals surface area (Å²) in [6, 6.07) is 13.6. The van der Waals surface area contributed by atoms with Gasteiger partial charge in [-0.1, -0.05) is 42.5 Å². The number of hydrogen-bond acceptors (Lipinski definition) is 5. The molecular weight excluding hydrogens is 515 g/mol. The molecule has 0 aliphatic carbocycles. The Morgan fingerprint density at radius 1 is 0.974 bits per heavy atom. The van der Waals surface area contributed by atoms with Crippen LogP contribution in [0.3, 0.4) is 0 Å². The first kappa shape index (κ1) is 26.6. The normalized spacial score (nSPS) is 17.8. The number of piperidine rings is 1. The molecule has 206 valence electrons. The molecular formula is C28H28F3N3O5. The van der Waals surface area contributed by atoms with Crippen LogP contribution in [0.25, 0.3) is 11.0 Å². The number of alkyl halides is 3. The number of carbonyl (C=O) groups excluding carboxylic acids is 3. The number of hydrogen-bond donors (Lipinski definition) is 1. The van der Waals surface area contributed by atoms with Gasteiger partial charge in [-0.05, 0) is 42.4 Å². The molecule has 0 unspecified atom stereocenters. The highest BCUT2D eigenvalue weighted by molar-refractivity contribution is 5.97. The Bertz CT molecular complexity index is 1380. The Labute approximate surface area is 222 Å². The first-order valence-corrected chi connectivity index (χ1v) is 12.7. The standard InChI is InChI=1S/C28H28F3N3O5/c1-38-20-9-5-8-19-16-21(39-23(19)20)24(35)33-13-10-27(11-14-33)12-15-34(17-27)25(36)22(18-6-3-2-4-7-18)32-26(37)28(29,30)31/h2-9,16,22H,10-15,17H2,1H3,(H,32,37)/t22-/m0/s1. The highest BCUT2D eigenvalue weighted by Gasteiger charge is 2.46.